The van der Waals surface area contributed by atoms with Gasteiger partial charge in [-0.2, -0.15) is 0 Å². The van der Waals surface area contributed by atoms with Gasteiger partial charge in [-0.1, -0.05) is 42.1 Å². The molecule has 2 aromatic rings. The summed E-state index contributed by atoms with van der Waals surface area (Å²) in [5, 5.41) is 8.58. The van der Waals surface area contributed by atoms with Crippen molar-refractivity contribution in [3.63, 3.8) is 0 Å². The molecule has 0 amide bonds. The van der Waals surface area contributed by atoms with E-state index in [9.17, 15) is 14.7 Å². The van der Waals surface area contributed by atoms with Crippen molar-refractivity contribution in [2.45, 2.75) is 10.4 Å². The third-order valence-electron chi connectivity index (χ3n) is 2.30. The molecular weight excluding hydrogens is 266 g/mol. The van der Waals surface area contributed by atoms with E-state index in [-0.39, 0.29) is 11.0 Å². The van der Waals surface area contributed by atoms with Crippen LogP contribution in [0.4, 0.5) is 5.82 Å². The highest BCUT2D eigenvalue weighted by Crippen LogP contribution is 2.33. The van der Waals surface area contributed by atoms with Crippen LogP contribution in [0, 0.1) is 0 Å². The maximum absolute atomic E-state index is 11.3. The van der Waals surface area contributed by atoms with Crippen LogP contribution >= 0.6 is 11.8 Å². The largest absolute Gasteiger partial charge is 0.480 e. The SMILES string of the molecule is Nc1cc(=O)[nH]c(SC(C(=O)O)c2ccccc2)n1. The fourth-order valence-electron chi connectivity index (χ4n) is 1.51. The molecule has 0 fully saturated rings. The number of H-pyrrole nitrogens is 1. The Morgan fingerprint density at radius 2 is 2.05 bits per heavy atom. The Hall–Kier alpha value is -2.28. The maximum Gasteiger partial charge on any atom is 0.321 e. The Morgan fingerprint density at radius 1 is 1.37 bits per heavy atom. The van der Waals surface area contributed by atoms with Crippen molar-refractivity contribution < 1.29 is 9.90 Å². The van der Waals surface area contributed by atoms with E-state index in [1.807, 2.05) is 0 Å². The normalized spacial score (nSPS) is 12.0. The van der Waals surface area contributed by atoms with E-state index in [1.54, 1.807) is 30.3 Å². The van der Waals surface area contributed by atoms with Crippen LogP contribution in [0.2, 0.25) is 0 Å². The van der Waals surface area contributed by atoms with Gasteiger partial charge in [0.25, 0.3) is 5.56 Å². The highest BCUT2D eigenvalue weighted by atomic mass is 32.2. The highest BCUT2D eigenvalue weighted by Gasteiger charge is 2.22. The molecular formula is C12H11N3O3S. The fraction of sp³-hybridized carbons (Fsp3) is 0.0833. The molecule has 19 heavy (non-hydrogen) atoms. The molecule has 98 valence electrons. The minimum Gasteiger partial charge on any atom is -0.480 e. The molecule has 0 bridgehead atoms. The Balaban J connectivity index is 2.32. The number of aromatic amines is 1. The van der Waals surface area contributed by atoms with Crippen molar-refractivity contribution in [3.05, 3.63) is 52.3 Å². The zero-order valence-electron chi connectivity index (χ0n) is 9.74. The van der Waals surface area contributed by atoms with Gasteiger partial charge in [0.15, 0.2) is 5.16 Å². The molecule has 0 spiro atoms. The second-order valence-electron chi connectivity index (χ2n) is 3.72. The second kappa shape index (κ2) is 5.57. The van der Waals surface area contributed by atoms with E-state index < -0.39 is 16.8 Å². The first-order chi connectivity index (χ1) is 9.06. The van der Waals surface area contributed by atoms with Gasteiger partial charge in [-0.05, 0) is 5.56 Å². The number of nitrogens with two attached hydrogens (primary N) is 1. The summed E-state index contributed by atoms with van der Waals surface area (Å²) in [5.41, 5.74) is 5.66. The smallest absolute Gasteiger partial charge is 0.321 e. The van der Waals surface area contributed by atoms with Crippen LogP contribution < -0.4 is 11.3 Å². The number of carboxylic acids is 1. The third-order valence-corrected chi connectivity index (χ3v) is 3.42. The molecule has 1 aromatic carbocycles. The summed E-state index contributed by atoms with van der Waals surface area (Å²) in [7, 11) is 0. The van der Waals surface area contributed by atoms with Crippen molar-refractivity contribution in [2.75, 3.05) is 5.73 Å². The van der Waals surface area contributed by atoms with Crippen molar-refractivity contribution in [2.24, 2.45) is 0 Å². The number of anilines is 1. The number of benzene rings is 1. The lowest BCUT2D eigenvalue weighted by molar-refractivity contribution is -0.136. The van der Waals surface area contributed by atoms with Crippen LogP contribution in [0.25, 0.3) is 0 Å². The van der Waals surface area contributed by atoms with Crippen molar-refractivity contribution in [1.82, 2.24) is 9.97 Å². The molecule has 0 aliphatic carbocycles. The number of carboxylic acid groups (broad SMARTS) is 1. The lowest BCUT2D eigenvalue weighted by atomic mass is 10.1. The first-order valence-electron chi connectivity index (χ1n) is 5.37. The van der Waals surface area contributed by atoms with Crippen molar-refractivity contribution in [1.29, 1.82) is 0 Å². The molecule has 6 nitrogen and oxygen atoms in total. The summed E-state index contributed by atoms with van der Waals surface area (Å²) in [5.74, 6) is -0.954. The van der Waals surface area contributed by atoms with Gasteiger partial charge in [-0.15, -0.1) is 0 Å². The van der Waals surface area contributed by atoms with Crippen LogP contribution in [-0.2, 0) is 4.79 Å². The third kappa shape index (κ3) is 3.35. The number of thioether (sulfide) groups is 1. The summed E-state index contributed by atoms with van der Waals surface area (Å²) < 4.78 is 0. The first kappa shape index (κ1) is 13.2. The number of aromatic nitrogens is 2. The summed E-state index contributed by atoms with van der Waals surface area (Å²) in [4.78, 5) is 28.9. The summed E-state index contributed by atoms with van der Waals surface area (Å²) in [6, 6.07) is 9.85. The topological polar surface area (TPSA) is 109 Å². The van der Waals surface area contributed by atoms with Gasteiger partial charge in [0.05, 0.1) is 0 Å². The number of carbonyl (C=O) groups is 1. The van der Waals surface area contributed by atoms with E-state index in [0.29, 0.717) is 5.56 Å². The Morgan fingerprint density at radius 3 is 2.63 bits per heavy atom. The average Bonchev–Trinajstić information content (AvgIpc) is 2.35. The van der Waals surface area contributed by atoms with E-state index in [1.165, 1.54) is 0 Å². The maximum atomic E-state index is 11.3. The predicted octanol–water partition coefficient (Wildman–Crippen LogP) is 1.27. The van der Waals surface area contributed by atoms with E-state index in [0.717, 1.165) is 17.8 Å². The first-order valence-corrected chi connectivity index (χ1v) is 6.25. The Kier molecular flexibility index (Phi) is 3.86. The van der Waals surface area contributed by atoms with Gasteiger partial charge in [0.1, 0.15) is 11.1 Å². The van der Waals surface area contributed by atoms with Crippen LogP contribution in [0.1, 0.15) is 10.8 Å². The van der Waals surface area contributed by atoms with Gasteiger partial charge >= 0.3 is 5.97 Å². The minimum absolute atomic E-state index is 0.0588. The fourth-order valence-corrected chi connectivity index (χ4v) is 2.44. The van der Waals surface area contributed by atoms with E-state index in [4.69, 9.17) is 5.73 Å². The van der Waals surface area contributed by atoms with Crippen molar-refractivity contribution >= 4 is 23.5 Å². The molecule has 0 saturated heterocycles. The van der Waals surface area contributed by atoms with Crippen molar-refractivity contribution in [3.8, 4) is 0 Å². The predicted molar refractivity (Wildman–Crippen MR) is 71.9 cm³/mol. The number of hydrogen-bond acceptors (Lipinski definition) is 5. The molecule has 1 heterocycles. The number of nitrogens with one attached hydrogen (secondary N) is 1. The number of nitrogens with zero attached hydrogens (tertiary/aromatic N) is 1. The van der Waals surface area contributed by atoms with Gasteiger partial charge in [-0.25, -0.2) is 4.98 Å². The molecule has 0 aliphatic rings. The summed E-state index contributed by atoms with van der Waals surface area (Å²) >= 11 is 0.932. The van der Waals surface area contributed by atoms with Crippen LogP contribution in [0.3, 0.4) is 0 Å². The quantitative estimate of drug-likeness (QED) is 0.573. The van der Waals surface area contributed by atoms with Crippen LogP contribution in [0.5, 0.6) is 0 Å². The zero-order chi connectivity index (χ0) is 13.8. The molecule has 2 rings (SSSR count). The van der Waals surface area contributed by atoms with Gasteiger partial charge in [0.2, 0.25) is 0 Å². The van der Waals surface area contributed by atoms with Gasteiger partial charge in [-0.3, -0.25) is 9.59 Å². The lowest BCUT2D eigenvalue weighted by Gasteiger charge is -2.11. The Bertz CT molecular complexity index is 642. The standard InChI is InChI=1S/C12H11N3O3S/c13-8-6-9(16)15-12(14-8)19-10(11(17)18)7-4-2-1-3-5-7/h1-6,10H,(H,17,18)(H3,13,14,15,16). The molecule has 0 aliphatic heterocycles. The monoisotopic (exact) mass is 277 g/mol. The Labute approximate surface area is 112 Å². The number of nitrogen functional groups attached to an aromatic ring is 1. The van der Waals surface area contributed by atoms with E-state index >= 15 is 0 Å². The molecule has 0 saturated carbocycles. The number of aliphatic carboxylic acids is 1. The van der Waals surface area contributed by atoms with E-state index in [2.05, 4.69) is 9.97 Å². The van der Waals surface area contributed by atoms with Crippen LogP contribution in [0.15, 0.2) is 46.3 Å². The van der Waals surface area contributed by atoms with Gasteiger partial charge in [0, 0.05) is 6.07 Å². The molecule has 1 unspecified atom stereocenters. The number of hydrogen-bond donors (Lipinski definition) is 3. The summed E-state index contributed by atoms with van der Waals surface area (Å²) in [6.07, 6.45) is 0. The molecule has 7 heteroatoms. The lowest BCUT2D eigenvalue weighted by Crippen LogP contribution is -2.13. The average molecular weight is 277 g/mol. The van der Waals surface area contributed by atoms with Gasteiger partial charge < -0.3 is 15.8 Å². The molecule has 1 atom stereocenters. The van der Waals surface area contributed by atoms with Crippen LogP contribution in [-0.4, -0.2) is 21.0 Å². The highest BCUT2D eigenvalue weighted by molar-refractivity contribution is 8.00. The minimum atomic E-state index is -1.01. The molecule has 0 radical (unpaired) electrons. The zero-order valence-corrected chi connectivity index (χ0v) is 10.6. The number of rotatable bonds is 4. The molecule has 4 N–H and O–H groups in total. The second-order valence-corrected chi connectivity index (χ2v) is 4.82. The molecule has 1 aromatic heterocycles. The summed E-state index contributed by atoms with van der Waals surface area (Å²) in [6.45, 7) is 0.